The van der Waals surface area contributed by atoms with Crippen molar-refractivity contribution in [3.05, 3.63) is 70.5 Å². The highest BCUT2D eigenvalue weighted by Gasteiger charge is 2.44. The number of benzene rings is 2. The molecule has 180 valence electrons. The molecule has 1 unspecified atom stereocenters. The molecule has 2 aliphatic rings. The summed E-state index contributed by atoms with van der Waals surface area (Å²) in [4.78, 5) is 29.0. The van der Waals surface area contributed by atoms with Crippen LogP contribution in [-0.2, 0) is 14.3 Å². The molecular weight excluding hydrogens is 439 g/mol. The Hall–Kier alpha value is -3.23. The van der Waals surface area contributed by atoms with E-state index in [0.29, 0.717) is 48.6 Å². The van der Waals surface area contributed by atoms with E-state index in [-0.39, 0.29) is 5.57 Å². The third kappa shape index (κ3) is 4.83. The Labute approximate surface area is 198 Å². The first kappa shape index (κ1) is 23.9. The minimum Gasteiger partial charge on any atom is -0.872 e. The van der Waals surface area contributed by atoms with Crippen molar-refractivity contribution in [3.8, 4) is 5.75 Å². The van der Waals surface area contributed by atoms with Gasteiger partial charge < -0.3 is 24.4 Å². The van der Waals surface area contributed by atoms with Gasteiger partial charge in [0.05, 0.1) is 32.9 Å². The molecule has 2 saturated heterocycles. The molecule has 0 radical (unpaired) electrons. The monoisotopic (exact) mass is 468 g/mol. The van der Waals surface area contributed by atoms with Crippen LogP contribution in [0, 0.1) is 12.7 Å². The highest BCUT2D eigenvalue weighted by Crippen LogP contribution is 2.39. The first-order valence-corrected chi connectivity index (χ1v) is 11.5. The third-order valence-corrected chi connectivity index (χ3v) is 6.52. The summed E-state index contributed by atoms with van der Waals surface area (Å²) in [6.07, 6.45) is 0.676. The molecule has 0 bridgehead atoms. The van der Waals surface area contributed by atoms with Gasteiger partial charge in [0.15, 0.2) is 0 Å². The van der Waals surface area contributed by atoms with Crippen LogP contribution < -0.4 is 14.7 Å². The van der Waals surface area contributed by atoms with Crippen molar-refractivity contribution < 1.29 is 33.5 Å². The van der Waals surface area contributed by atoms with Gasteiger partial charge in [0, 0.05) is 18.5 Å². The van der Waals surface area contributed by atoms with E-state index >= 15 is 0 Å². The third-order valence-electron chi connectivity index (χ3n) is 6.52. The lowest BCUT2D eigenvalue weighted by atomic mass is 9.94. The van der Waals surface area contributed by atoms with Crippen LogP contribution in [0.1, 0.15) is 29.2 Å². The summed E-state index contributed by atoms with van der Waals surface area (Å²) in [7, 11) is 1.53. The van der Waals surface area contributed by atoms with Gasteiger partial charge in [-0.25, -0.2) is 4.39 Å². The molecule has 0 aromatic heterocycles. The summed E-state index contributed by atoms with van der Waals surface area (Å²) in [5.74, 6) is -1.82. The van der Waals surface area contributed by atoms with Gasteiger partial charge >= 0.3 is 0 Å². The Bertz CT molecular complexity index is 1090. The minimum atomic E-state index is -0.853. The summed E-state index contributed by atoms with van der Waals surface area (Å²) in [6, 6.07) is 9.73. The number of Topliss-reactive ketones (excluding diaryl/α,β-unsaturated/α-hetero) is 1. The van der Waals surface area contributed by atoms with Crippen molar-refractivity contribution in [2.75, 3.05) is 46.5 Å². The number of rotatable bonds is 7. The Kier molecular flexibility index (Phi) is 7.29. The van der Waals surface area contributed by atoms with Crippen molar-refractivity contribution in [2.45, 2.75) is 19.4 Å². The molecule has 0 spiro atoms. The van der Waals surface area contributed by atoms with Gasteiger partial charge in [-0.1, -0.05) is 24.0 Å². The lowest BCUT2D eigenvalue weighted by Crippen LogP contribution is -3.14. The molecule has 0 aliphatic carbocycles. The van der Waals surface area contributed by atoms with Crippen LogP contribution in [0.3, 0.4) is 0 Å². The van der Waals surface area contributed by atoms with Crippen LogP contribution >= 0.6 is 0 Å². The van der Waals surface area contributed by atoms with Gasteiger partial charge in [0.25, 0.3) is 5.91 Å². The first-order valence-electron chi connectivity index (χ1n) is 11.5. The molecule has 34 heavy (non-hydrogen) atoms. The second kappa shape index (κ2) is 10.4. The maximum atomic E-state index is 13.6. The number of nitrogens with zero attached hydrogens (tertiary/aromatic N) is 1. The van der Waals surface area contributed by atoms with Crippen molar-refractivity contribution in [1.82, 2.24) is 4.90 Å². The van der Waals surface area contributed by atoms with Crippen LogP contribution in [-0.4, -0.2) is 63.1 Å². The van der Waals surface area contributed by atoms with Gasteiger partial charge in [0.1, 0.15) is 24.7 Å². The van der Waals surface area contributed by atoms with Gasteiger partial charge in [-0.15, -0.1) is 0 Å². The fourth-order valence-corrected chi connectivity index (χ4v) is 4.66. The van der Waals surface area contributed by atoms with Gasteiger partial charge in [-0.2, -0.15) is 0 Å². The molecule has 2 fully saturated rings. The molecule has 2 aromatic rings. The van der Waals surface area contributed by atoms with Crippen LogP contribution in [0.4, 0.5) is 4.39 Å². The minimum absolute atomic E-state index is 0.0939. The van der Waals surface area contributed by atoms with Crippen molar-refractivity contribution in [1.29, 1.82) is 0 Å². The maximum absolute atomic E-state index is 13.6. The smallest absolute Gasteiger partial charge is 0.295 e. The number of amides is 1. The molecule has 1 atom stereocenters. The Balaban J connectivity index is 1.69. The first-order chi connectivity index (χ1) is 16.4. The molecule has 2 aromatic carbocycles. The molecule has 4 rings (SSSR count). The summed E-state index contributed by atoms with van der Waals surface area (Å²) >= 11 is 0. The summed E-state index contributed by atoms with van der Waals surface area (Å²) in [5, 5.41) is 13.6. The number of hydrogen-bond acceptors (Lipinski definition) is 5. The number of methoxy groups -OCH3 is 1. The maximum Gasteiger partial charge on any atom is 0.295 e. The van der Waals surface area contributed by atoms with E-state index in [4.69, 9.17) is 9.47 Å². The predicted octanol–water partition coefficient (Wildman–Crippen LogP) is 0.672. The van der Waals surface area contributed by atoms with Crippen LogP contribution in [0.2, 0.25) is 0 Å². The Morgan fingerprint density at radius 3 is 2.53 bits per heavy atom. The van der Waals surface area contributed by atoms with E-state index in [1.165, 1.54) is 41.2 Å². The SMILES string of the molecule is COc1ccc(/C([O-])=C2\C(=O)C(=O)N(CCC[NH+]3CCOCC3)C2c2ccc(F)cc2)c(C)c1. The zero-order valence-electron chi connectivity index (χ0n) is 19.4. The predicted molar refractivity (Wildman–Crippen MR) is 122 cm³/mol. The number of quaternary nitrogens is 1. The number of likely N-dealkylation sites (tertiary alicyclic amines) is 1. The standard InChI is InChI=1S/C26H29FN2O5/c1-17-16-20(33-2)8-9-21(17)24(30)22-23(18-4-6-19(27)7-5-18)29(26(32)25(22)31)11-3-10-28-12-14-34-15-13-28/h4-9,16,23,30H,3,10-15H2,1-2H3/b24-22+. The molecule has 2 aliphatic heterocycles. The van der Waals surface area contributed by atoms with E-state index in [2.05, 4.69) is 0 Å². The van der Waals surface area contributed by atoms with E-state index < -0.39 is 29.3 Å². The highest BCUT2D eigenvalue weighted by molar-refractivity contribution is 6.46. The topological polar surface area (TPSA) is 83.3 Å². The number of hydrogen-bond donors (Lipinski definition) is 1. The summed E-state index contributed by atoms with van der Waals surface area (Å²) < 4.78 is 24.2. The number of carbonyl (C=O) groups is 2. The number of nitrogens with one attached hydrogen (secondary N) is 1. The van der Waals surface area contributed by atoms with Gasteiger partial charge in [-0.05, 0) is 47.9 Å². The molecular formula is C26H29FN2O5. The largest absolute Gasteiger partial charge is 0.872 e. The number of aryl methyl sites for hydroxylation is 1. The van der Waals surface area contributed by atoms with E-state index in [1.54, 1.807) is 25.1 Å². The van der Waals surface area contributed by atoms with E-state index in [1.807, 2.05) is 0 Å². The number of carbonyl (C=O) groups excluding carboxylic acids is 2. The fourth-order valence-electron chi connectivity index (χ4n) is 4.66. The summed E-state index contributed by atoms with van der Waals surface area (Å²) in [6.45, 7) is 6.15. The molecule has 8 heteroatoms. The van der Waals surface area contributed by atoms with Crippen LogP contribution in [0.25, 0.3) is 5.76 Å². The number of morpholine rings is 1. The fraction of sp³-hybridized carbons (Fsp3) is 0.385. The zero-order valence-corrected chi connectivity index (χ0v) is 19.4. The van der Waals surface area contributed by atoms with E-state index in [9.17, 15) is 19.1 Å². The molecule has 2 heterocycles. The summed E-state index contributed by atoms with van der Waals surface area (Å²) in [5.41, 5.74) is 1.42. The molecule has 1 N–H and O–H groups in total. The zero-order chi connectivity index (χ0) is 24.2. The molecule has 7 nitrogen and oxygen atoms in total. The average molecular weight is 469 g/mol. The number of halogens is 1. The Morgan fingerprint density at radius 1 is 1.18 bits per heavy atom. The van der Waals surface area contributed by atoms with Crippen molar-refractivity contribution >= 4 is 17.4 Å². The highest BCUT2D eigenvalue weighted by atomic mass is 19.1. The Morgan fingerprint density at radius 2 is 1.88 bits per heavy atom. The molecule has 1 amide bonds. The average Bonchev–Trinajstić information content (AvgIpc) is 3.09. The lowest BCUT2D eigenvalue weighted by molar-refractivity contribution is -0.908. The van der Waals surface area contributed by atoms with Gasteiger partial charge in [0.2, 0.25) is 5.78 Å². The van der Waals surface area contributed by atoms with Gasteiger partial charge in [-0.3, -0.25) is 9.59 Å². The normalized spacial score (nSPS) is 20.7. The van der Waals surface area contributed by atoms with Crippen molar-refractivity contribution in [2.24, 2.45) is 0 Å². The van der Waals surface area contributed by atoms with E-state index in [0.717, 1.165) is 19.6 Å². The number of ketones is 1. The second-order valence-electron chi connectivity index (χ2n) is 8.67. The van der Waals surface area contributed by atoms with Crippen LogP contribution in [0.15, 0.2) is 48.0 Å². The quantitative estimate of drug-likeness (QED) is 0.367. The van der Waals surface area contributed by atoms with Crippen molar-refractivity contribution in [3.63, 3.8) is 0 Å². The lowest BCUT2D eigenvalue weighted by Gasteiger charge is -2.29. The second-order valence-corrected chi connectivity index (χ2v) is 8.67. The molecule has 0 saturated carbocycles. The van der Waals surface area contributed by atoms with Crippen LogP contribution in [0.5, 0.6) is 5.75 Å². The number of ether oxygens (including phenoxy) is 2.